The van der Waals surface area contributed by atoms with Crippen LogP contribution < -0.4 is 5.32 Å². The van der Waals surface area contributed by atoms with Crippen LogP contribution in [0.4, 0.5) is 0 Å². The molecule has 2 aromatic carbocycles. The number of amides is 1. The van der Waals surface area contributed by atoms with Gasteiger partial charge in [-0.1, -0.05) is 48.5 Å². The van der Waals surface area contributed by atoms with Crippen molar-refractivity contribution in [3.8, 4) is 16.9 Å². The van der Waals surface area contributed by atoms with Gasteiger partial charge in [-0.3, -0.25) is 4.79 Å². The first-order valence-electron chi connectivity index (χ1n) is 9.18. The second-order valence-electron chi connectivity index (χ2n) is 7.24. The molecule has 0 radical (unpaired) electrons. The minimum Gasteiger partial charge on any atom is -0.348 e. The number of aromatic nitrogens is 3. The number of nitrogens with zero attached hydrogens (tertiary/aromatic N) is 4. The van der Waals surface area contributed by atoms with Crippen LogP contribution >= 0.6 is 0 Å². The van der Waals surface area contributed by atoms with E-state index in [4.69, 9.17) is 0 Å². The lowest BCUT2D eigenvalue weighted by Crippen LogP contribution is -2.39. The lowest BCUT2D eigenvalue weighted by Gasteiger charge is -2.16. The summed E-state index contributed by atoms with van der Waals surface area (Å²) in [6.45, 7) is 4.06. The van der Waals surface area contributed by atoms with Gasteiger partial charge in [0.1, 0.15) is 5.69 Å². The average molecular weight is 361 g/mol. The van der Waals surface area contributed by atoms with Crippen LogP contribution in [0.25, 0.3) is 16.9 Å². The standard InChI is InChI=1S/C21H23N5O/c1-15-12-25(2)13-19(15)22-21(27)17-9-6-10-18(11-17)26-14-20(23-24-26)16-7-4-3-5-8-16/h3-11,14-15,19H,12-13H2,1-2H3,(H,22,27). The molecule has 3 aromatic rings. The number of carbonyl (C=O) groups excluding carboxylic acids is 1. The molecule has 27 heavy (non-hydrogen) atoms. The molecule has 1 aromatic heterocycles. The molecule has 4 rings (SSSR count). The van der Waals surface area contributed by atoms with Crippen molar-refractivity contribution in [3.63, 3.8) is 0 Å². The zero-order valence-corrected chi connectivity index (χ0v) is 15.5. The van der Waals surface area contributed by atoms with E-state index in [1.807, 2.05) is 60.8 Å². The van der Waals surface area contributed by atoms with Crippen molar-refractivity contribution >= 4 is 5.91 Å². The summed E-state index contributed by atoms with van der Waals surface area (Å²) < 4.78 is 1.70. The van der Waals surface area contributed by atoms with Crippen LogP contribution in [0.1, 0.15) is 17.3 Å². The molecule has 1 aliphatic heterocycles. The highest BCUT2D eigenvalue weighted by molar-refractivity contribution is 5.95. The predicted molar refractivity (Wildman–Crippen MR) is 105 cm³/mol. The molecule has 1 saturated heterocycles. The molecule has 0 saturated carbocycles. The molecule has 2 unspecified atom stereocenters. The molecule has 0 spiro atoms. The fraction of sp³-hybridized carbons (Fsp3) is 0.286. The summed E-state index contributed by atoms with van der Waals surface area (Å²) in [7, 11) is 2.08. The molecular weight excluding hydrogens is 338 g/mol. The van der Waals surface area contributed by atoms with Gasteiger partial charge in [0, 0.05) is 30.3 Å². The Hall–Kier alpha value is -2.99. The third-order valence-electron chi connectivity index (χ3n) is 5.05. The summed E-state index contributed by atoms with van der Waals surface area (Å²) in [5.74, 6) is 0.401. The summed E-state index contributed by atoms with van der Waals surface area (Å²) in [5.41, 5.74) is 3.25. The van der Waals surface area contributed by atoms with E-state index < -0.39 is 0 Å². The topological polar surface area (TPSA) is 63.1 Å². The molecule has 0 bridgehead atoms. The van der Waals surface area contributed by atoms with E-state index in [2.05, 4.69) is 34.5 Å². The van der Waals surface area contributed by atoms with E-state index in [0.29, 0.717) is 11.5 Å². The van der Waals surface area contributed by atoms with Crippen molar-refractivity contribution in [2.45, 2.75) is 13.0 Å². The van der Waals surface area contributed by atoms with E-state index in [-0.39, 0.29) is 11.9 Å². The zero-order valence-electron chi connectivity index (χ0n) is 15.5. The summed E-state index contributed by atoms with van der Waals surface area (Å²) in [6, 6.07) is 17.6. The highest BCUT2D eigenvalue weighted by atomic mass is 16.1. The monoisotopic (exact) mass is 361 g/mol. The van der Waals surface area contributed by atoms with Gasteiger partial charge in [-0.2, -0.15) is 0 Å². The fourth-order valence-electron chi connectivity index (χ4n) is 3.57. The average Bonchev–Trinajstić information content (AvgIpc) is 3.29. The highest BCUT2D eigenvalue weighted by Gasteiger charge is 2.28. The number of benzene rings is 2. The Morgan fingerprint density at radius 2 is 1.93 bits per heavy atom. The highest BCUT2D eigenvalue weighted by Crippen LogP contribution is 2.19. The minimum atomic E-state index is -0.0487. The molecule has 0 aliphatic carbocycles. The molecule has 6 heteroatoms. The predicted octanol–water partition coefficient (Wildman–Crippen LogP) is 2.61. The summed E-state index contributed by atoms with van der Waals surface area (Å²) in [6.07, 6.45) is 1.88. The van der Waals surface area contributed by atoms with Crippen LogP contribution in [-0.4, -0.2) is 52.0 Å². The van der Waals surface area contributed by atoms with Gasteiger partial charge in [-0.25, -0.2) is 4.68 Å². The Morgan fingerprint density at radius 1 is 1.11 bits per heavy atom. The third kappa shape index (κ3) is 3.75. The summed E-state index contributed by atoms with van der Waals surface area (Å²) in [4.78, 5) is 14.9. The maximum Gasteiger partial charge on any atom is 0.251 e. The van der Waals surface area contributed by atoms with E-state index in [9.17, 15) is 4.79 Å². The second kappa shape index (κ2) is 7.32. The fourth-order valence-corrected chi connectivity index (χ4v) is 3.57. The van der Waals surface area contributed by atoms with Gasteiger partial charge < -0.3 is 10.2 Å². The third-order valence-corrected chi connectivity index (χ3v) is 5.05. The van der Waals surface area contributed by atoms with E-state index in [0.717, 1.165) is 30.0 Å². The Kier molecular flexibility index (Phi) is 4.73. The molecule has 2 atom stereocenters. The van der Waals surface area contributed by atoms with Gasteiger partial charge in [-0.05, 0) is 31.2 Å². The summed E-state index contributed by atoms with van der Waals surface area (Å²) in [5, 5.41) is 11.6. The lowest BCUT2D eigenvalue weighted by atomic mass is 10.1. The van der Waals surface area contributed by atoms with Crippen molar-refractivity contribution in [2.75, 3.05) is 20.1 Å². The molecule has 1 N–H and O–H groups in total. The van der Waals surface area contributed by atoms with Crippen LogP contribution in [0, 0.1) is 5.92 Å². The van der Waals surface area contributed by atoms with Crippen molar-refractivity contribution in [3.05, 3.63) is 66.4 Å². The maximum absolute atomic E-state index is 12.7. The number of carbonyl (C=O) groups is 1. The van der Waals surface area contributed by atoms with Gasteiger partial charge >= 0.3 is 0 Å². The van der Waals surface area contributed by atoms with Crippen molar-refractivity contribution < 1.29 is 4.79 Å². The van der Waals surface area contributed by atoms with E-state index in [1.54, 1.807) is 4.68 Å². The SMILES string of the molecule is CC1CN(C)CC1NC(=O)c1cccc(-n2cc(-c3ccccc3)nn2)c1. The number of hydrogen-bond acceptors (Lipinski definition) is 4. The Morgan fingerprint density at radius 3 is 2.67 bits per heavy atom. The van der Waals surface area contributed by atoms with Crippen LogP contribution in [0.15, 0.2) is 60.8 Å². The molecule has 6 nitrogen and oxygen atoms in total. The molecule has 1 fully saturated rings. The smallest absolute Gasteiger partial charge is 0.251 e. The first-order valence-corrected chi connectivity index (χ1v) is 9.18. The van der Waals surface area contributed by atoms with Crippen LogP contribution in [0.5, 0.6) is 0 Å². The number of rotatable bonds is 4. The van der Waals surface area contributed by atoms with Crippen molar-refractivity contribution in [1.82, 2.24) is 25.2 Å². The lowest BCUT2D eigenvalue weighted by molar-refractivity contribution is 0.0932. The van der Waals surface area contributed by atoms with Crippen molar-refractivity contribution in [2.24, 2.45) is 5.92 Å². The zero-order chi connectivity index (χ0) is 18.8. The number of nitrogens with one attached hydrogen (secondary N) is 1. The first-order chi connectivity index (χ1) is 13.1. The van der Waals surface area contributed by atoms with Crippen molar-refractivity contribution in [1.29, 1.82) is 0 Å². The Balaban J connectivity index is 1.53. The van der Waals surface area contributed by atoms with Crippen LogP contribution in [0.2, 0.25) is 0 Å². The first kappa shape index (κ1) is 17.4. The molecule has 1 amide bonds. The summed E-state index contributed by atoms with van der Waals surface area (Å²) >= 11 is 0. The van der Waals surface area contributed by atoms with E-state index >= 15 is 0 Å². The van der Waals surface area contributed by atoms with Gasteiger partial charge in [0.15, 0.2) is 0 Å². The number of likely N-dealkylation sites (N-methyl/N-ethyl adjacent to an activating group) is 1. The number of hydrogen-bond donors (Lipinski definition) is 1. The van der Waals surface area contributed by atoms with Gasteiger partial charge in [-0.15, -0.1) is 5.10 Å². The molecule has 138 valence electrons. The van der Waals surface area contributed by atoms with Gasteiger partial charge in [0.25, 0.3) is 5.91 Å². The van der Waals surface area contributed by atoms with Crippen LogP contribution in [0.3, 0.4) is 0 Å². The van der Waals surface area contributed by atoms with Crippen LogP contribution in [-0.2, 0) is 0 Å². The minimum absolute atomic E-state index is 0.0487. The second-order valence-corrected chi connectivity index (χ2v) is 7.24. The Labute approximate surface area is 158 Å². The molecule has 2 heterocycles. The van der Waals surface area contributed by atoms with Gasteiger partial charge in [0.05, 0.1) is 11.9 Å². The normalized spacial score (nSPS) is 19.9. The Bertz CT molecular complexity index is 937. The largest absolute Gasteiger partial charge is 0.348 e. The molecule has 1 aliphatic rings. The number of likely N-dealkylation sites (tertiary alicyclic amines) is 1. The van der Waals surface area contributed by atoms with Gasteiger partial charge in [0.2, 0.25) is 0 Å². The maximum atomic E-state index is 12.7. The van der Waals surface area contributed by atoms with E-state index in [1.165, 1.54) is 0 Å². The quantitative estimate of drug-likeness (QED) is 0.776. The molecular formula is C21H23N5O.